The first kappa shape index (κ1) is 14.0. The molecule has 1 heterocycles. The lowest BCUT2D eigenvalue weighted by Crippen LogP contribution is -2.35. The average molecular weight is 323 g/mol. The van der Waals surface area contributed by atoms with Gasteiger partial charge in [-0.25, -0.2) is 9.69 Å². The molecule has 1 aromatic rings. The maximum absolute atomic E-state index is 13.1. The summed E-state index contributed by atoms with van der Waals surface area (Å²) in [5.41, 5.74) is 0.773. The van der Waals surface area contributed by atoms with Crippen LogP contribution in [0.3, 0.4) is 0 Å². The average Bonchev–Trinajstić information content (AvgIpc) is 3.19. The maximum Gasteiger partial charge on any atom is 0.339 e. The summed E-state index contributed by atoms with van der Waals surface area (Å²) in [4.78, 5) is 39.4. The molecule has 2 saturated carbocycles. The van der Waals surface area contributed by atoms with Gasteiger partial charge in [-0.2, -0.15) is 0 Å². The Bertz CT molecular complexity index is 788. The van der Waals surface area contributed by atoms with Gasteiger partial charge in [-0.05, 0) is 42.2 Å². The van der Waals surface area contributed by atoms with Gasteiger partial charge in [0.1, 0.15) is 0 Å². The van der Waals surface area contributed by atoms with Gasteiger partial charge >= 0.3 is 5.97 Å². The van der Waals surface area contributed by atoms with E-state index in [0.717, 1.165) is 12.8 Å². The van der Waals surface area contributed by atoms with E-state index in [4.69, 9.17) is 4.74 Å². The Labute approximate surface area is 139 Å². The second-order valence-electron chi connectivity index (χ2n) is 7.24. The van der Waals surface area contributed by atoms with Crippen molar-refractivity contribution in [3.05, 3.63) is 42.0 Å². The van der Waals surface area contributed by atoms with E-state index in [1.165, 1.54) is 12.0 Å². The van der Waals surface area contributed by atoms with Crippen molar-refractivity contribution in [3.63, 3.8) is 0 Å². The zero-order valence-electron chi connectivity index (χ0n) is 13.3. The highest BCUT2D eigenvalue weighted by molar-refractivity contribution is 6.24. The van der Waals surface area contributed by atoms with E-state index < -0.39 is 5.97 Å². The van der Waals surface area contributed by atoms with Crippen LogP contribution < -0.4 is 4.90 Å². The molecule has 1 spiro atoms. The number of ether oxygens (including phenoxy) is 1. The first-order chi connectivity index (χ1) is 11.6. The Morgan fingerprint density at radius 3 is 2.21 bits per heavy atom. The first-order valence-corrected chi connectivity index (χ1v) is 8.33. The van der Waals surface area contributed by atoms with E-state index >= 15 is 0 Å². The van der Waals surface area contributed by atoms with Crippen LogP contribution in [-0.4, -0.2) is 24.9 Å². The lowest BCUT2D eigenvalue weighted by atomic mass is 9.85. The van der Waals surface area contributed by atoms with E-state index in [1.54, 1.807) is 24.3 Å². The number of fused-ring (bicyclic) bond motifs is 3. The summed E-state index contributed by atoms with van der Waals surface area (Å²) in [6, 6.07) is 6.66. The van der Waals surface area contributed by atoms with Gasteiger partial charge in [-0.15, -0.1) is 0 Å². The van der Waals surface area contributed by atoms with Crippen LogP contribution in [0.1, 0.15) is 23.2 Å². The molecule has 5 rings (SSSR count). The van der Waals surface area contributed by atoms with Crippen molar-refractivity contribution in [1.29, 1.82) is 0 Å². The lowest BCUT2D eigenvalue weighted by Gasteiger charge is -2.23. The Balaban J connectivity index is 1.58. The van der Waals surface area contributed by atoms with Crippen molar-refractivity contribution in [1.82, 2.24) is 0 Å². The molecule has 0 radical (unpaired) electrons. The van der Waals surface area contributed by atoms with Gasteiger partial charge in [0, 0.05) is 0 Å². The number of imide groups is 1. The quantitative estimate of drug-likeness (QED) is 0.475. The van der Waals surface area contributed by atoms with Crippen LogP contribution >= 0.6 is 0 Å². The predicted molar refractivity (Wildman–Crippen MR) is 85.0 cm³/mol. The summed E-state index contributed by atoms with van der Waals surface area (Å²) in [6.45, 7) is 0. The molecule has 5 nitrogen and oxygen atoms in total. The lowest BCUT2D eigenvalue weighted by molar-refractivity contribution is -0.123. The van der Waals surface area contributed by atoms with Gasteiger partial charge in [0.05, 0.1) is 30.2 Å². The number of hydrogen-bond donors (Lipinski definition) is 0. The van der Waals surface area contributed by atoms with Crippen molar-refractivity contribution in [2.24, 2.45) is 29.1 Å². The third kappa shape index (κ3) is 1.44. The number of methoxy groups -OCH3 is 1. The molecule has 24 heavy (non-hydrogen) atoms. The normalized spacial score (nSPS) is 34.1. The number of allylic oxidation sites excluding steroid dienone is 2. The van der Waals surface area contributed by atoms with E-state index in [1.807, 2.05) is 0 Å². The molecule has 4 atom stereocenters. The number of carbonyl (C=O) groups is 3. The zero-order chi connectivity index (χ0) is 16.6. The van der Waals surface area contributed by atoms with Crippen LogP contribution in [0, 0.1) is 29.1 Å². The second-order valence-corrected chi connectivity index (χ2v) is 7.24. The summed E-state index contributed by atoms with van der Waals surface area (Å²) < 4.78 is 4.80. The Hall–Kier alpha value is -2.43. The monoisotopic (exact) mass is 323 g/mol. The number of hydrogen-bond acceptors (Lipinski definition) is 4. The number of amides is 2. The van der Waals surface area contributed by atoms with Crippen LogP contribution in [0.15, 0.2) is 36.4 Å². The number of para-hydroxylation sites is 1. The van der Waals surface area contributed by atoms with Crippen molar-refractivity contribution in [3.8, 4) is 0 Å². The molecule has 122 valence electrons. The van der Waals surface area contributed by atoms with Crippen molar-refractivity contribution in [2.75, 3.05) is 12.0 Å². The third-order valence-corrected chi connectivity index (χ3v) is 6.40. The number of anilines is 1. The molecular formula is C19H17NO4. The van der Waals surface area contributed by atoms with E-state index in [9.17, 15) is 14.4 Å². The zero-order valence-corrected chi connectivity index (χ0v) is 13.3. The molecule has 3 aliphatic carbocycles. The SMILES string of the molecule is COC(=O)c1ccccc1N1C(=O)[C@H]2[C@H](C1=O)[C@H]1C=C[C@H]2C12CC2. The maximum atomic E-state index is 13.1. The fraction of sp³-hybridized carbons (Fsp3) is 0.421. The molecule has 0 aromatic heterocycles. The molecule has 5 heteroatoms. The number of nitrogens with zero attached hydrogens (tertiary/aromatic N) is 1. The Morgan fingerprint density at radius 1 is 1.08 bits per heavy atom. The summed E-state index contributed by atoms with van der Waals surface area (Å²) in [5, 5.41) is 0. The molecule has 1 aliphatic heterocycles. The van der Waals surface area contributed by atoms with Crippen molar-refractivity contribution < 1.29 is 19.1 Å². The molecule has 3 fully saturated rings. The van der Waals surface area contributed by atoms with Gasteiger partial charge in [-0.1, -0.05) is 24.3 Å². The third-order valence-electron chi connectivity index (χ3n) is 6.40. The highest BCUT2D eigenvalue weighted by Gasteiger charge is 2.73. The molecule has 0 unspecified atom stereocenters. The Morgan fingerprint density at radius 2 is 1.67 bits per heavy atom. The second kappa shape index (κ2) is 4.35. The van der Waals surface area contributed by atoms with Crippen LogP contribution in [0.25, 0.3) is 0 Å². The molecule has 0 N–H and O–H groups in total. The number of benzene rings is 1. The minimum Gasteiger partial charge on any atom is -0.465 e. The number of esters is 1. The fourth-order valence-corrected chi connectivity index (χ4v) is 5.27. The molecular weight excluding hydrogens is 306 g/mol. The number of rotatable bonds is 2. The standard InChI is InChI=1S/C19H17NO4/c1-24-18(23)10-4-2-3-5-13(10)20-16(21)14-11-6-7-12(15(14)17(20)22)19(11)8-9-19/h2-7,11-12,14-15H,8-9H2,1H3/t11-,12-,14-,15-/m1/s1. The van der Waals surface area contributed by atoms with Gasteiger partial charge in [0.2, 0.25) is 11.8 Å². The smallest absolute Gasteiger partial charge is 0.339 e. The summed E-state index contributed by atoms with van der Waals surface area (Å²) in [5.74, 6) is -1.03. The number of carbonyl (C=O) groups excluding carboxylic acids is 3. The van der Waals surface area contributed by atoms with E-state index in [0.29, 0.717) is 5.69 Å². The fourth-order valence-electron chi connectivity index (χ4n) is 5.27. The predicted octanol–water partition coefficient (Wildman–Crippen LogP) is 2.17. The largest absolute Gasteiger partial charge is 0.465 e. The minimum absolute atomic E-state index is 0.163. The van der Waals surface area contributed by atoms with Crippen molar-refractivity contribution in [2.45, 2.75) is 12.8 Å². The summed E-state index contributed by atoms with van der Waals surface area (Å²) >= 11 is 0. The van der Waals surface area contributed by atoms with Crippen LogP contribution in [0.4, 0.5) is 5.69 Å². The molecule has 2 bridgehead atoms. The Kier molecular flexibility index (Phi) is 2.53. The van der Waals surface area contributed by atoms with Crippen LogP contribution in [0.5, 0.6) is 0 Å². The van der Waals surface area contributed by atoms with Crippen molar-refractivity contribution >= 4 is 23.5 Å². The van der Waals surface area contributed by atoms with Gasteiger partial charge in [-0.3, -0.25) is 9.59 Å². The van der Waals surface area contributed by atoms with Crippen LogP contribution in [0.2, 0.25) is 0 Å². The first-order valence-electron chi connectivity index (χ1n) is 8.33. The van der Waals surface area contributed by atoms with E-state index in [-0.39, 0.29) is 46.5 Å². The van der Waals surface area contributed by atoms with Gasteiger partial charge < -0.3 is 4.74 Å². The van der Waals surface area contributed by atoms with Gasteiger partial charge in [0.15, 0.2) is 0 Å². The highest BCUT2D eigenvalue weighted by atomic mass is 16.5. The summed E-state index contributed by atoms with van der Waals surface area (Å²) in [7, 11) is 1.29. The minimum atomic E-state index is -0.539. The molecule has 1 aromatic carbocycles. The molecule has 2 amide bonds. The topological polar surface area (TPSA) is 63.7 Å². The van der Waals surface area contributed by atoms with Crippen LogP contribution in [-0.2, 0) is 14.3 Å². The molecule has 4 aliphatic rings. The summed E-state index contributed by atoms with van der Waals surface area (Å²) in [6.07, 6.45) is 6.50. The van der Waals surface area contributed by atoms with Gasteiger partial charge in [0.25, 0.3) is 0 Å². The highest BCUT2D eigenvalue weighted by Crippen LogP contribution is 2.73. The molecule has 1 saturated heterocycles. The van der Waals surface area contributed by atoms with E-state index in [2.05, 4.69) is 12.2 Å².